The Hall–Kier alpha value is -0.530. The van der Waals surface area contributed by atoms with Gasteiger partial charge in [-0.15, -0.1) is 0 Å². The minimum absolute atomic E-state index is 0.320. The molecule has 0 radical (unpaired) electrons. The fourth-order valence-electron chi connectivity index (χ4n) is 1.86. The average Bonchev–Trinajstić information content (AvgIpc) is 2.18. The third-order valence-corrected chi connectivity index (χ3v) is 2.97. The number of nitrogens with one attached hydrogen (secondary N) is 1. The van der Waals surface area contributed by atoms with Crippen LogP contribution in [-0.4, -0.2) is 6.04 Å². The predicted molar refractivity (Wildman–Crippen MR) is 67.4 cm³/mol. The summed E-state index contributed by atoms with van der Waals surface area (Å²) in [5, 5.41) is 4.40. The van der Waals surface area contributed by atoms with E-state index in [1.807, 2.05) is 18.2 Å². The van der Waals surface area contributed by atoms with Crippen molar-refractivity contribution in [3.05, 3.63) is 34.9 Å². The molecule has 1 unspecified atom stereocenters. The van der Waals surface area contributed by atoms with Crippen LogP contribution in [-0.2, 0) is 0 Å². The number of benzene rings is 1. The molecule has 1 rings (SSSR count). The summed E-state index contributed by atoms with van der Waals surface area (Å²) in [6.45, 7) is 6.59. The molecule has 0 aliphatic heterocycles. The van der Waals surface area contributed by atoms with Gasteiger partial charge in [0.15, 0.2) is 0 Å². The molecule has 84 valence electrons. The molecule has 0 amide bonds. The van der Waals surface area contributed by atoms with Gasteiger partial charge in [-0.2, -0.15) is 0 Å². The molecule has 2 atom stereocenters. The molecule has 1 aromatic rings. The summed E-state index contributed by atoms with van der Waals surface area (Å²) in [5.74, 6) is 0. The first-order chi connectivity index (χ1) is 7.15. The second-order valence-corrected chi connectivity index (χ2v) is 4.51. The lowest BCUT2D eigenvalue weighted by molar-refractivity contribution is 0.453. The highest BCUT2D eigenvalue weighted by atomic mass is 35.5. The van der Waals surface area contributed by atoms with E-state index in [1.54, 1.807) is 0 Å². The summed E-state index contributed by atoms with van der Waals surface area (Å²) in [4.78, 5) is 0. The van der Waals surface area contributed by atoms with Crippen molar-refractivity contribution in [1.29, 1.82) is 0 Å². The van der Waals surface area contributed by atoms with Gasteiger partial charge in [0, 0.05) is 17.1 Å². The van der Waals surface area contributed by atoms with Crippen molar-refractivity contribution in [3.63, 3.8) is 0 Å². The minimum Gasteiger partial charge on any atom is -0.308 e. The Morgan fingerprint density at radius 2 is 1.93 bits per heavy atom. The van der Waals surface area contributed by atoms with Crippen LogP contribution in [0.1, 0.15) is 45.2 Å². The minimum atomic E-state index is 0.320. The van der Waals surface area contributed by atoms with Gasteiger partial charge in [0.1, 0.15) is 0 Å². The molecular formula is C13H20ClN. The Morgan fingerprint density at radius 3 is 2.53 bits per heavy atom. The molecule has 0 heterocycles. The Kier molecular flexibility index (Phi) is 5.13. The SMILES string of the molecule is CCCC(C)N[C@H](C)c1ccccc1Cl. The average molecular weight is 226 g/mol. The Labute approximate surface area is 97.8 Å². The van der Waals surface area contributed by atoms with Crippen molar-refractivity contribution in [3.8, 4) is 0 Å². The Bertz CT molecular complexity index is 298. The highest BCUT2D eigenvalue weighted by Crippen LogP contribution is 2.22. The normalized spacial score (nSPS) is 14.9. The smallest absolute Gasteiger partial charge is 0.0453 e. The van der Waals surface area contributed by atoms with Crippen molar-refractivity contribution in [2.24, 2.45) is 0 Å². The van der Waals surface area contributed by atoms with Crippen LogP contribution in [0.5, 0.6) is 0 Å². The maximum atomic E-state index is 6.14. The standard InChI is InChI=1S/C13H20ClN/c1-4-7-10(2)15-11(3)12-8-5-6-9-13(12)14/h5-6,8-11,15H,4,7H2,1-3H3/t10?,11-/m1/s1. The maximum absolute atomic E-state index is 6.14. The first kappa shape index (κ1) is 12.5. The Balaban J connectivity index is 2.61. The summed E-state index contributed by atoms with van der Waals surface area (Å²) < 4.78 is 0. The van der Waals surface area contributed by atoms with E-state index in [2.05, 4.69) is 32.2 Å². The molecule has 0 aromatic heterocycles. The van der Waals surface area contributed by atoms with Crippen LogP contribution in [0.2, 0.25) is 5.02 Å². The predicted octanol–water partition coefficient (Wildman–Crippen LogP) is 4.18. The molecule has 15 heavy (non-hydrogen) atoms. The van der Waals surface area contributed by atoms with Gasteiger partial charge in [0.05, 0.1) is 0 Å². The second kappa shape index (κ2) is 6.14. The number of halogens is 1. The second-order valence-electron chi connectivity index (χ2n) is 4.10. The van der Waals surface area contributed by atoms with Crippen LogP contribution < -0.4 is 5.32 Å². The molecule has 1 nitrogen and oxygen atoms in total. The largest absolute Gasteiger partial charge is 0.308 e. The highest BCUT2D eigenvalue weighted by Gasteiger charge is 2.10. The zero-order chi connectivity index (χ0) is 11.3. The number of rotatable bonds is 5. The van der Waals surface area contributed by atoms with Crippen molar-refractivity contribution < 1.29 is 0 Å². The zero-order valence-corrected chi connectivity index (χ0v) is 10.5. The fourth-order valence-corrected chi connectivity index (χ4v) is 2.16. The van der Waals surface area contributed by atoms with Gasteiger partial charge in [-0.3, -0.25) is 0 Å². The summed E-state index contributed by atoms with van der Waals surface area (Å²) in [5.41, 5.74) is 1.18. The van der Waals surface area contributed by atoms with E-state index in [0.29, 0.717) is 12.1 Å². The van der Waals surface area contributed by atoms with Gasteiger partial charge in [-0.25, -0.2) is 0 Å². The van der Waals surface area contributed by atoms with Gasteiger partial charge in [-0.05, 0) is 31.9 Å². The van der Waals surface area contributed by atoms with Gasteiger partial charge in [0.25, 0.3) is 0 Å². The highest BCUT2D eigenvalue weighted by molar-refractivity contribution is 6.31. The summed E-state index contributed by atoms with van der Waals surface area (Å²) >= 11 is 6.14. The van der Waals surface area contributed by atoms with Crippen molar-refractivity contribution >= 4 is 11.6 Å². The Morgan fingerprint density at radius 1 is 1.27 bits per heavy atom. The molecular weight excluding hydrogens is 206 g/mol. The van der Waals surface area contributed by atoms with E-state index in [1.165, 1.54) is 18.4 Å². The molecule has 1 aromatic carbocycles. The van der Waals surface area contributed by atoms with Crippen LogP contribution in [0.15, 0.2) is 24.3 Å². The molecule has 2 heteroatoms. The molecule has 0 aliphatic rings. The lowest BCUT2D eigenvalue weighted by Gasteiger charge is -2.20. The van der Waals surface area contributed by atoms with Crippen LogP contribution in [0, 0.1) is 0 Å². The van der Waals surface area contributed by atoms with Crippen LogP contribution in [0.4, 0.5) is 0 Å². The van der Waals surface area contributed by atoms with E-state index in [-0.39, 0.29) is 0 Å². The number of hydrogen-bond donors (Lipinski definition) is 1. The van der Waals surface area contributed by atoms with Gasteiger partial charge in [0.2, 0.25) is 0 Å². The van der Waals surface area contributed by atoms with E-state index >= 15 is 0 Å². The first-order valence-corrected chi connectivity index (χ1v) is 6.03. The fraction of sp³-hybridized carbons (Fsp3) is 0.538. The lowest BCUT2D eigenvalue weighted by Crippen LogP contribution is -2.28. The molecule has 0 spiro atoms. The van der Waals surface area contributed by atoms with Gasteiger partial charge >= 0.3 is 0 Å². The summed E-state index contributed by atoms with van der Waals surface area (Å²) in [7, 11) is 0. The third-order valence-electron chi connectivity index (χ3n) is 2.63. The molecule has 1 N–H and O–H groups in total. The molecule has 0 fully saturated rings. The van der Waals surface area contributed by atoms with Crippen LogP contribution >= 0.6 is 11.6 Å². The van der Waals surface area contributed by atoms with Crippen LogP contribution in [0.3, 0.4) is 0 Å². The molecule has 0 saturated heterocycles. The summed E-state index contributed by atoms with van der Waals surface area (Å²) in [6, 6.07) is 8.89. The van der Waals surface area contributed by atoms with Gasteiger partial charge in [-0.1, -0.05) is 43.1 Å². The van der Waals surface area contributed by atoms with E-state index < -0.39 is 0 Å². The topological polar surface area (TPSA) is 12.0 Å². The molecule has 0 aliphatic carbocycles. The lowest BCUT2D eigenvalue weighted by atomic mass is 10.1. The third kappa shape index (κ3) is 3.84. The van der Waals surface area contributed by atoms with Crippen molar-refractivity contribution in [2.45, 2.75) is 45.7 Å². The van der Waals surface area contributed by atoms with E-state index in [9.17, 15) is 0 Å². The maximum Gasteiger partial charge on any atom is 0.0453 e. The van der Waals surface area contributed by atoms with E-state index in [0.717, 1.165) is 5.02 Å². The van der Waals surface area contributed by atoms with Crippen molar-refractivity contribution in [2.75, 3.05) is 0 Å². The molecule has 0 bridgehead atoms. The quantitative estimate of drug-likeness (QED) is 0.793. The molecule has 0 saturated carbocycles. The summed E-state index contributed by atoms with van der Waals surface area (Å²) in [6.07, 6.45) is 2.41. The van der Waals surface area contributed by atoms with Gasteiger partial charge < -0.3 is 5.32 Å². The van der Waals surface area contributed by atoms with Crippen LogP contribution in [0.25, 0.3) is 0 Å². The first-order valence-electron chi connectivity index (χ1n) is 5.65. The monoisotopic (exact) mass is 225 g/mol. The van der Waals surface area contributed by atoms with E-state index in [4.69, 9.17) is 11.6 Å². The zero-order valence-electron chi connectivity index (χ0n) is 9.76. The number of hydrogen-bond acceptors (Lipinski definition) is 1. The van der Waals surface area contributed by atoms with Crippen molar-refractivity contribution in [1.82, 2.24) is 5.32 Å².